The molecule has 0 aliphatic carbocycles. The molecular weight excluding hydrogens is 222 g/mol. The summed E-state index contributed by atoms with van der Waals surface area (Å²) in [4.78, 5) is 16.3. The number of benzene rings is 1. The number of pyridine rings is 1. The molecule has 2 heteroatoms. The molecular formula is C16H17NO. The van der Waals surface area contributed by atoms with Crippen LogP contribution in [0.1, 0.15) is 41.3 Å². The monoisotopic (exact) mass is 239 g/mol. The maximum atomic E-state index is 12.3. The van der Waals surface area contributed by atoms with Crippen LogP contribution in [-0.2, 0) is 6.42 Å². The van der Waals surface area contributed by atoms with Crippen molar-refractivity contribution in [3.05, 3.63) is 65.5 Å². The van der Waals surface area contributed by atoms with Gasteiger partial charge in [-0.15, -0.1) is 0 Å². The fourth-order valence-electron chi connectivity index (χ4n) is 2.04. The van der Waals surface area contributed by atoms with Crippen LogP contribution in [0.25, 0.3) is 0 Å². The Morgan fingerprint density at radius 3 is 2.44 bits per heavy atom. The maximum Gasteiger partial charge on any atom is 0.167 e. The third kappa shape index (κ3) is 2.83. The van der Waals surface area contributed by atoms with Gasteiger partial charge in [-0.1, -0.05) is 38.1 Å². The van der Waals surface area contributed by atoms with Crippen LogP contribution >= 0.6 is 0 Å². The van der Waals surface area contributed by atoms with Gasteiger partial charge in [-0.3, -0.25) is 9.78 Å². The lowest BCUT2D eigenvalue weighted by atomic mass is 9.92. The average molecular weight is 239 g/mol. The van der Waals surface area contributed by atoms with E-state index in [4.69, 9.17) is 0 Å². The molecule has 0 unspecified atom stereocenters. The molecule has 0 radical (unpaired) electrons. The first-order valence-electron chi connectivity index (χ1n) is 6.19. The van der Waals surface area contributed by atoms with E-state index in [-0.39, 0.29) is 5.78 Å². The van der Waals surface area contributed by atoms with Gasteiger partial charge in [0.15, 0.2) is 5.78 Å². The van der Waals surface area contributed by atoms with Crippen molar-refractivity contribution >= 4 is 5.78 Å². The standard InChI is InChI=1S/C16H17NO/c1-12(2)14-5-3-4-6-15(14)16(18)11-13-7-9-17-10-8-13/h3-10,12H,11H2,1-2H3. The van der Waals surface area contributed by atoms with Crippen LogP contribution in [0, 0.1) is 0 Å². The second kappa shape index (κ2) is 5.58. The van der Waals surface area contributed by atoms with E-state index < -0.39 is 0 Å². The largest absolute Gasteiger partial charge is 0.294 e. The molecule has 2 rings (SSSR count). The lowest BCUT2D eigenvalue weighted by Gasteiger charge is -2.11. The quantitative estimate of drug-likeness (QED) is 0.762. The Kier molecular flexibility index (Phi) is 3.88. The fraction of sp³-hybridized carbons (Fsp3) is 0.250. The molecule has 18 heavy (non-hydrogen) atoms. The molecule has 0 aliphatic rings. The zero-order valence-corrected chi connectivity index (χ0v) is 10.8. The van der Waals surface area contributed by atoms with Gasteiger partial charge >= 0.3 is 0 Å². The van der Waals surface area contributed by atoms with Crippen LogP contribution in [-0.4, -0.2) is 10.8 Å². The number of nitrogens with zero attached hydrogens (tertiary/aromatic N) is 1. The summed E-state index contributed by atoms with van der Waals surface area (Å²) < 4.78 is 0. The van der Waals surface area contributed by atoms with E-state index >= 15 is 0 Å². The molecule has 0 N–H and O–H groups in total. The number of Topliss-reactive ketones (excluding diaryl/α,β-unsaturated/α-hetero) is 1. The van der Waals surface area contributed by atoms with Crippen LogP contribution in [0.2, 0.25) is 0 Å². The number of hydrogen-bond donors (Lipinski definition) is 0. The Labute approximate surface area is 108 Å². The van der Waals surface area contributed by atoms with E-state index in [0.717, 1.165) is 16.7 Å². The summed E-state index contributed by atoms with van der Waals surface area (Å²) in [6.45, 7) is 4.22. The van der Waals surface area contributed by atoms with E-state index in [1.807, 2.05) is 36.4 Å². The first-order chi connectivity index (χ1) is 8.68. The highest BCUT2D eigenvalue weighted by atomic mass is 16.1. The lowest BCUT2D eigenvalue weighted by molar-refractivity contribution is 0.0991. The Morgan fingerprint density at radius 1 is 1.11 bits per heavy atom. The minimum absolute atomic E-state index is 0.172. The number of carbonyl (C=O) groups is 1. The molecule has 1 heterocycles. The first-order valence-corrected chi connectivity index (χ1v) is 6.19. The highest BCUT2D eigenvalue weighted by molar-refractivity contribution is 5.99. The topological polar surface area (TPSA) is 30.0 Å². The minimum Gasteiger partial charge on any atom is -0.294 e. The average Bonchev–Trinajstić information content (AvgIpc) is 2.40. The van der Waals surface area contributed by atoms with Crippen LogP contribution in [0.5, 0.6) is 0 Å². The number of carbonyl (C=O) groups excluding carboxylic acids is 1. The second-order valence-electron chi connectivity index (χ2n) is 4.70. The summed E-state index contributed by atoms with van der Waals surface area (Å²) >= 11 is 0. The predicted molar refractivity (Wildman–Crippen MR) is 72.8 cm³/mol. The van der Waals surface area contributed by atoms with Gasteiger partial charge in [-0.2, -0.15) is 0 Å². The third-order valence-electron chi connectivity index (χ3n) is 3.00. The van der Waals surface area contributed by atoms with Gasteiger partial charge in [-0.25, -0.2) is 0 Å². The first kappa shape index (κ1) is 12.5. The van der Waals surface area contributed by atoms with E-state index in [1.165, 1.54) is 0 Å². The molecule has 92 valence electrons. The molecule has 1 aromatic carbocycles. The third-order valence-corrected chi connectivity index (χ3v) is 3.00. The molecule has 0 amide bonds. The van der Waals surface area contributed by atoms with E-state index in [2.05, 4.69) is 18.8 Å². The summed E-state index contributed by atoms with van der Waals surface area (Å²) in [5.41, 5.74) is 2.97. The van der Waals surface area contributed by atoms with Gasteiger partial charge in [0.2, 0.25) is 0 Å². The van der Waals surface area contributed by atoms with E-state index in [9.17, 15) is 4.79 Å². The van der Waals surface area contributed by atoms with Crippen molar-refractivity contribution in [2.45, 2.75) is 26.2 Å². The van der Waals surface area contributed by atoms with Crippen molar-refractivity contribution in [2.24, 2.45) is 0 Å². The summed E-state index contributed by atoms with van der Waals surface area (Å²) in [5, 5.41) is 0. The summed E-state index contributed by atoms with van der Waals surface area (Å²) in [6, 6.07) is 11.6. The number of rotatable bonds is 4. The number of aromatic nitrogens is 1. The highest BCUT2D eigenvalue weighted by Gasteiger charge is 2.13. The molecule has 1 aromatic heterocycles. The Morgan fingerprint density at radius 2 is 1.78 bits per heavy atom. The van der Waals surface area contributed by atoms with E-state index in [1.54, 1.807) is 12.4 Å². The Bertz CT molecular complexity index is 532. The zero-order chi connectivity index (χ0) is 13.0. The zero-order valence-electron chi connectivity index (χ0n) is 10.8. The number of ketones is 1. The Hall–Kier alpha value is -1.96. The van der Waals surface area contributed by atoms with Crippen LogP contribution in [0.15, 0.2) is 48.8 Å². The SMILES string of the molecule is CC(C)c1ccccc1C(=O)Cc1ccncc1. The summed E-state index contributed by atoms with van der Waals surface area (Å²) in [5.74, 6) is 0.535. The normalized spacial score (nSPS) is 10.6. The smallest absolute Gasteiger partial charge is 0.167 e. The molecule has 2 nitrogen and oxygen atoms in total. The molecule has 0 fully saturated rings. The van der Waals surface area contributed by atoms with Crippen LogP contribution in [0.3, 0.4) is 0 Å². The van der Waals surface area contributed by atoms with Gasteiger partial charge in [0, 0.05) is 24.4 Å². The van der Waals surface area contributed by atoms with Crippen LogP contribution in [0.4, 0.5) is 0 Å². The lowest BCUT2D eigenvalue weighted by Crippen LogP contribution is -2.08. The molecule has 0 saturated heterocycles. The van der Waals surface area contributed by atoms with Crippen molar-refractivity contribution in [3.63, 3.8) is 0 Å². The Balaban J connectivity index is 2.24. The molecule has 2 aromatic rings. The maximum absolute atomic E-state index is 12.3. The van der Waals surface area contributed by atoms with E-state index in [0.29, 0.717) is 12.3 Å². The summed E-state index contributed by atoms with van der Waals surface area (Å²) in [6.07, 6.45) is 3.88. The van der Waals surface area contributed by atoms with Gasteiger partial charge in [-0.05, 0) is 29.2 Å². The molecule has 0 bridgehead atoms. The van der Waals surface area contributed by atoms with Gasteiger partial charge in [0.1, 0.15) is 0 Å². The number of hydrogen-bond acceptors (Lipinski definition) is 2. The van der Waals surface area contributed by atoms with Crippen molar-refractivity contribution in [3.8, 4) is 0 Å². The van der Waals surface area contributed by atoms with Crippen LogP contribution < -0.4 is 0 Å². The van der Waals surface area contributed by atoms with Crippen molar-refractivity contribution in [2.75, 3.05) is 0 Å². The molecule has 0 atom stereocenters. The molecule has 0 aliphatic heterocycles. The summed E-state index contributed by atoms with van der Waals surface area (Å²) in [7, 11) is 0. The fourth-order valence-corrected chi connectivity index (χ4v) is 2.04. The second-order valence-corrected chi connectivity index (χ2v) is 4.70. The minimum atomic E-state index is 0.172. The van der Waals surface area contributed by atoms with Gasteiger partial charge < -0.3 is 0 Å². The molecule has 0 saturated carbocycles. The van der Waals surface area contributed by atoms with Crippen molar-refractivity contribution in [1.29, 1.82) is 0 Å². The highest BCUT2D eigenvalue weighted by Crippen LogP contribution is 2.20. The van der Waals surface area contributed by atoms with Gasteiger partial charge in [0.25, 0.3) is 0 Å². The molecule has 0 spiro atoms. The van der Waals surface area contributed by atoms with Gasteiger partial charge in [0.05, 0.1) is 0 Å². The predicted octanol–water partition coefficient (Wildman–Crippen LogP) is 3.63. The van der Waals surface area contributed by atoms with Crippen molar-refractivity contribution < 1.29 is 4.79 Å². The van der Waals surface area contributed by atoms with Crippen molar-refractivity contribution in [1.82, 2.24) is 4.98 Å².